The molecular weight excluding hydrogens is 398 g/mol. The number of nitrogens with zero attached hydrogens (tertiary/aromatic N) is 3. The molecule has 0 aliphatic rings. The lowest BCUT2D eigenvalue weighted by molar-refractivity contribution is 0.204. The topological polar surface area (TPSA) is 41.3 Å². The fourth-order valence-electron chi connectivity index (χ4n) is 2.21. The van der Waals surface area contributed by atoms with Crippen LogP contribution >= 0.6 is 31.9 Å². The van der Waals surface area contributed by atoms with E-state index in [1.165, 1.54) is 0 Å². The van der Waals surface area contributed by atoms with Gasteiger partial charge in [0.15, 0.2) is 0 Å². The molecule has 1 aromatic carbocycles. The van der Waals surface area contributed by atoms with Crippen LogP contribution in [0.25, 0.3) is 0 Å². The summed E-state index contributed by atoms with van der Waals surface area (Å²) in [7, 11) is 4.04. The number of aryl methyl sites for hydroxylation is 1. The maximum atomic E-state index is 10.8. The summed E-state index contributed by atoms with van der Waals surface area (Å²) in [6.45, 7) is 3.60. The zero-order valence-corrected chi connectivity index (χ0v) is 15.5. The van der Waals surface area contributed by atoms with Crippen molar-refractivity contribution in [3.8, 4) is 0 Å². The molecule has 2 aromatic rings. The van der Waals surface area contributed by atoms with Crippen LogP contribution in [0.2, 0.25) is 0 Å². The Bertz CT molecular complexity index is 625. The van der Waals surface area contributed by atoms with Crippen LogP contribution in [-0.2, 0) is 6.54 Å². The normalized spacial score (nSPS) is 12.9. The predicted octanol–water partition coefficient (Wildman–Crippen LogP) is 3.36. The molecule has 6 heteroatoms. The number of aliphatic hydroxyl groups excluding tert-OH is 1. The number of likely N-dealkylation sites (N-methyl/N-ethyl adjacent to an activating group) is 1. The molecule has 0 saturated carbocycles. The number of benzene rings is 1. The van der Waals surface area contributed by atoms with E-state index in [-0.39, 0.29) is 0 Å². The molecule has 2 rings (SSSR count). The molecule has 0 radical (unpaired) electrons. The van der Waals surface area contributed by atoms with Gasteiger partial charge in [-0.15, -0.1) is 0 Å². The van der Waals surface area contributed by atoms with Crippen LogP contribution in [0.15, 0.2) is 33.3 Å². The molecule has 21 heavy (non-hydrogen) atoms. The van der Waals surface area contributed by atoms with E-state index in [1.54, 1.807) is 6.20 Å². The first-order chi connectivity index (χ1) is 9.90. The summed E-state index contributed by atoms with van der Waals surface area (Å²) in [5.74, 6) is 0. The summed E-state index contributed by atoms with van der Waals surface area (Å²) in [5.41, 5.74) is 2.73. The van der Waals surface area contributed by atoms with Gasteiger partial charge in [0, 0.05) is 11.0 Å². The van der Waals surface area contributed by atoms with Gasteiger partial charge < -0.3 is 10.0 Å². The van der Waals surface area contributed by atoms with E-state index in [2.05, 4.69) is 41.9 Å². The summed E-state index contributed by atoms with van der Waals surface area (Å²) in [4.78, 5) is 2.09. The largest absolute Gasteiger partial charge is 0.382 e. The summed E-state index contributed by atoms with van der Waals surface area (Å²) >= 11 is 6.94. The summed E-state index contributed by atoms with van der Waals surface area (Å²) < 4.78 is 3.70. The molecule has 1 N–H and O–H groups in total. The van der Waals surface area contributed by atoms with Crippen LogP contribution in [0.5, 0.6) is 0 Å². The quantitative estimate of drug-likeness (QED) is 0.812. The number of aromatic nitrogens is 2. The Morgan fingerprint density at radius 3 is 2.67 bits per heavy atom. The van der Waals surface area contributed by atoms with Gasteiger partial charge in [0.05, 0.1) is 22.9 Å². The molecule has 1 unspecified atom stereocenters. The molecule has 0 bridgehead atoms. The predicted molar refractivity (Wildman–Crippen MR) is 91.4 cm³/mol. The highest BCUT2D eigenvalue weighted by Crippen LogP contribution is 2.31. The smallest absolute Gasteiger partial charge is 0.122 e. The van der Waals surface area contributed by atoms with Gasteiger partial charge in [-0.05, 0) is 60.2 Å². The average molecular weight is 417 g/mol. The standard InChI is InChI=1S/C15H19Br2N3O/c1-10-8-11(16)4-5-12(10)15(21)14-13(17)9-18-20(14)7-6-19(2)3/h4-5,8-9,15,21H,6-7H2,1-3H3. The lowest BCUT2D eigenvalue weighted by Gasteiger charge is -2.18. The SMILES string of the molecule is Cc1cc(Br)ccc1C(O)c1c(Br)cnn1CCN(C)C. The third kappa shape index (κ3) is 3.94. The average Bonchev–Trinajstić information content (AvgIpc) is 2.77. The van der Waals surface area contributed by atoms with Crippen molar-refractivity contribution in [1.82, 2.24) is 14.7 Å². The Morgan fingerprint density at radius 1 is 1.33 bits per heavy atom. The first kappa shape index (κ1) is 16.7. The highest BCUT2D eigenvalue weighted by atomic mass is 79.9. The first-order valence-electron chi connectivity index (χ1n) is 6.70. The van der Waals surface area contributed by atoms with Crippen molar-refractivity contribution in [2.75, 3.05) is 20.6 Å². The van der Waals surface area contributed by atoms with E-state index in [9.17, 15) is 5.11 Å². The second-order valence-corrected chi connectivity index (χ2v) is 7.08. The molecule has 4 nitrogen and oxygen atoms in total. The minimum absolute atomic E-state index is 0.697. The molecule has 1 heterocycles. The van der Waals surface area contributed by atoms with E-state index in [1.807, 2.05) is 43.9 Å². The van der Waals surface area contributed by atoms with Crippen molar-refractivity contribution in [1.29, 1.82) is 0 Å². The van der Waals surface area contributed by atoms with Gasteiger partial charge in [-0.3, -0.25) is 4.68 Å². The molecule has 1 aromatic heterocycles. The highest BCUT2D eigenvalue weighted by Gasteiger charge is 2.21. The minimum Gasteiger partial charge on any atom is -0.382 e. The summed E-state index contributed by atoms with van der Waals surface area (Å²) in [6.07, 6.45) is 1.04. The van der Waals surface area contributed by atoms with Crippen molar-refractivity contribution in [3.05, 3.63) is 50.2 Å². The van der Waals surface area contributed by atoms with Gasteiger partial charge in [-0.2, -0.15) is 5.10 Å². The lowest BCUT2D eigenvalue weighted by atomic mass is 10.0. The van der Waals surface area contributed by atoms with E-state index < -0.39 is 6.10 Å². The Morgan fingerprint density at radius 2 is 2.05 bits per heavy atom. The molecule has 0 saturated heterocycles. The molecule has 0 fully saturated rings. The van der Waals surface area contributed by atoms with E-state index >= 15 is 0 Å². The number of aliphatic hydroxyl groups is 1. The van der Waals surface area contributed by atoms with Crippen LogP contribution < -0.4 is 0 Å². The number of rotatable bonds is 5. The second-order valence-electron chi connectivity index (χ2n) is 5.31. The summed E-state index contributed by atoms with van der Waals surface area (Å²) in [5, 5.41) is 15.1. The Hall–Kier alpha value is -0.690. The lowest BCUT2D eigenvalue weighted by Crippen LogP contribution is -2.21. The molecule has 0 amide bonds. The molecule has 0 aliphatic carbocycles. The third-order valence-corrected chi connectivity index (χ3v) is 4.48. The maximum absolute atomic E-state index is 10.8. The molecular formula is C15H19Br2N3O. The Kier molecular flexibility index (Phi) is 5.60. The van der Waals surface area contributed by atoms with Crippen molar-refractivity contribution in [3.63, 3.8) is 0 Å². The number of hydrogen-bond acceptors (Lipinski definition) is 3. The molecule has 1 atom stereocenters. The van der Waals surface area contributed by atoms with Crippen LogP contribution in [0.3, 0.4) is 0 Å². The van der Waals surface area contributed by atoms with Crippen LogP contribution in [-0.4, -0.2) is 40.4 Å². The minimum atomic E-state index is -0.697. The van der Waals surface area contributed by atoms with Gasteiger partial charge in [0.25, 0.3) is 0 Å². The zero-order valence-electron chi connectivity index (χ0n) is 12.3. The molecule has 0 spiro atoms. The van der Waals surface area contributed by atoms with E-state index in [0.29, 0.717) is 0 Å². The van der Waals surface area contributed by atoms with Crippen LogP contribution in [0.1, 0.15) is 22.9 Å². The maximum Gasteiger partial charge on any atom is 0.122 e. The van der Waals surface area contributed by atoms with Gasteiger partial charge >= 0.3 is 0 Å². The number of hydrogen-bond donors (Lipinski definition) is 1. The van der Waals surface area contributed by atoms with Crippen LogP contribution in [0.4, 0.5) is 0 Å². The van der Waals surface area contributed by atoms with Gasteiger partial charge in [0.2, 0.25) is 0 Å². The van der Waals surface area contributed by atoms with Crippen molar-refractivity contribution in [2.24, 2.45) is 0 Å². The van der Waals surface area contributed by atoms with Crippen molar-refractivity contribution < 1.29 is 5.11 Å². The number of halogens is 2. The van der Waals surface area contributed by atoms with E-state index in [0.717, 1.165) is 38.9 Å². The monoisotopic (exact) mass is 415 g/mol. The molecule has 114 valence electrons. The van der Waals surface area contributed by atoms with Gasteiger partial charge in [0.1, 0.15) is 6.10 Å². The first-order valence-corrected chi connectivity index (χ1v) is 8.28. The second kappa shape index (κ2) is 7.05. The highest BCUT2D eigenvalue weighted by molar-refractivity contribution is 9.10. The van der Waals surface area contributed by atoms with Crippen molar-refractivity contribution >= 4 is 31.9 Å². The Labute approximate surface area is 142 Å². The summed E-state index contributed by atoms with van der Waals surface area (Å²) in [6, 6.07) is 5.90. The van der Waals surface area contributed by atoms with Crippen molar-refractivity contribution in [2.45, 2.75) is 19.6 Å². The Balaban J connectivity index is 2.34. The van der Waals surface area contributed by atoms with Crippen LogP contribution in [0, 0.1) is 6.92 Å². The van der Waals surface area contributed by atoms with Gasteiger partial charge in [-0.1, -0.05) is 22.0 Å². The van der Waals surface area contributed by atoms with Gasteiger partial charge in [-0.25, -0.2) is 0 Å². The molecule has 0 aliphatic heterocycles. The van der Waals surface area contributed by atoms with E-state index in [4.69, 9.17) is 0 Å². The zero-order chi connectivity index (χ0) is 15.6. The fraction of sp³-hybridized carbons (Fsp3) is 0.400. The fourth-order valence-corrected chi connectivity index (χ4v) is 3.20. The third-order valence-electron chi connectivity index (χ3n) is 3.38.